The average molecular weight is 259 g/mol. The first-order valence-electron chi connectivity index (χ1n) is 7.12. The maximum Gasteiger partial charge on any atom is 0.238 e. The molecule has 3 N–H and O–H groups in total. The molecule has 102 valence electrons. The molecular weight excluding hydrogens is 238 g/mol. The molecule has 0 atom stereocenters. The fourth-order valence-corrected chi connectivity index (χ4v) is 3.24. The van der Waals surface area contributed by atoms with Gasteiger partial charge in [-0.25, -0.2) is 0 Å². The van der Waals surface area contributed by atoms with E-state index in [0.29, 0.717) is 0 Å². The van der Waals surface area contributed by atoms with Crippen LogP contribution < -0.4 is 11.1 Å². The molecule has 1 heterocycles. The van der Waals surface area contributed by atoms with Crippen LogP contribution in [0.25, 0.3) is 0 Å². The summed E-state index contributed by atoms with van der Waals surface area (Å²) < 4.78 is 0. The highest BCUT2D eigenvalue weighted by atomic mass is 16.1. The van der Waals surface area contributed by atoms with Crippen LogP contribution in [0.1, 0.15) is 36.8 Å². The number of hydrogen-bond donors (Lipinski definition) is 2. The van der Waals surface area contributed by atoms with Crippen molar-refractivity contribution in [2.75, 3.05) is 11.9 Å². The first-order chi connectivity index (χ1) is 9.26. The standard InChI is InChI=1S/C15H21N3O/c16-8-15(19)17-13-6-5-11-9-18(10-12(11)7-13)14-3-1-2-4-14/h5-7,14H,1-4,8-10,16H2,(H,17,19). The topological polar surface area (TPSA) is 58.4 Å². The molecule has 1 aromatic rings. The van der Waals surface area contributed by atoms with E-state index >= 15 is 0 Å². The second kappa shape index (κ2) is 5.31. The van der Waals surface area contributed by atoms with Crippen LogP contribution >= 0.6 is 0 Å². The van der Waals surface area contributed by atoms with Crippen LogP contribution in [0.15, 0.2) is 18.2 Å². The summed E-state index contributed by atoms with van der Waals surface area (Å²) in [7, 11) is 0. The highest BCUT2D eigenvalue weighted by Crippen LogP contribution is 2.32. The second-order valence-electron chi connectivity index (χ2n) is 5.58. The average Bonchev–Trinajstić information content (AvgIpc) is 3.06. The van der Waals surface area contributed by atoms with E-state index in [1.54, 1.807) is 0 Å². The Labute approximate surface area is 114 Å². The molecule has 0 saturated heterocycles. The lowest BCUT2D eigenvalue weighted by atomic mass is 10.1. The SMILES string of the molecule is NCC(=O)Nc1ccc2c(c1)CN(C1CCCC1)C2. The Bertz CT molecular complexity index is 480. The van der Waals surface area contributed by atoms with Crippen molar-refractivity contribution in [3.63, 3.8) is 0 Å². The zero-order valence-electron chi connectivity index (χ0n) is 11.2. The number of anilines is 1. The molecule has 1 saturated carbocycles. The van der Waals surface area contributed by atoms with Gasteiger partial charge in [0.2, 0.25) is 5.91 Å². The van der Waals surface area contributed by atoms with Crippen LogP contribution in [-0.4, -0.2) is 23.4 Å². The number of rotatable bonds is 3. The van der Waals surface area contributed by atoms with Crippen LogP contribution in [0.5, 0.6) is 0 Å². The summed E-state index contributed by atoms with van der Waals surface area (Å²) in [5.41, 5.74) is 8.93. The summed E-state index contributed by atoms with van der Waals surface area (Å²) in [5, 5.41) is 2.82. The van der Waals surface area contributed by atoms with Gasteiger partial charge in [-0.2, -0.15) is 0 Å². The minimum atomic E-state index is -0.134. The molecular formula is C15H21N3O. The molecule has 2 aliphatic rings. The molecule has 1 aliphatic carbocycles. The summed E-state index contributed by atoms with van der Waals surface area (Å²) >= 11 is 0. The molecule has 0 aromatic heterocycles. The van der Waals surface area contributed by atoms with Crippen molar-refractivity contribution in [2.45, 2.75) is 44.8 Å². The van der Waals surface area contributed by atoms with E-state index in [4.69, 9.17) is 5.73 Å². The Morgan fingerprint density at radius 3 is 2.74 bits per heavy atom. The molecule has 4 nitrogen and oxygen atoms in total. The van der Waals surface area contributed by atoms with Crippen molar-refractivity contribution in [3.8, 4) is 0 Å². The number of hydrogen-bond acceptors (Lipinski definition) is 3. The monoisotopic (exact) mass is 259 g/mol. The lowest BCUT2D eigenvalue weighted by Gasteiger charge is -2.22. The van der Waals surface area contributed by atoms with Crippen molar-refractivity contribution in [3.05, 3.63) is 29.3 Å². The first kappa shape index (κ1) is 12.6. The van der Waals surface area contributed by atoms with E-state index in [9.17, 15) is 4.79 Å². The van der Waals surface area contributed by atoms with Crippen LogP contribution in [-0.2, 0) is 17.9 Å². The molecule has 1 amide bonds. The zero-order valence-corrected chi connectivity index (χ0v) is 11.2. The predicted octanol–water partition coefficient (Wildman–Crippen LogP) is 1.84. The van der Waals surface area contributed by atoms with Crippen LogP contribution in [0.3, 0.4) is 0 Å². The second-order valence-corrected chi connectivity index (χ2v) is 5.58. The first-order valence-corrected chi connectivity index (χ1v) is 7.12. The summed E-state index contributed by atoms with van der Waals surface area (Å²) in [6.07, 6.45) is 5.42. The smallest absolute Gasteiger partial charge is 0.238 e. The van der Waals surface area contributed by atoms with Crippen LogP contribution in [0.4, 0.5) is 5.69 Å². The molecule has 0 unspecified atom stereocenters. The molecule has 3 rings (SSSR count). The van der Waals surface area contributed by atoms with Crippen molar-refractivity contribution in [1.29, 1.82) is 0 Å². The normalized spacial score (nSPS) is 19.6. The van der Waals surface area contributed by atoms with Crippen molar-refractivity contribution in [1.82, 2.24) is 4.90 Å². The number of carbonyl (C=O) groups is 1. The predicted molar refractivity (Wildman–Crippen MR) is 75.6 cm³/mol. The third kappa shape index (κ3) is 2.65. The quantitative estimate of drug-likeness (QED) is 0.871. The van der Waals surface area contributed by atoms with Gasteiger partial charge in [-0.05, 0) is 36.1 Å². The minimum Gasteiger partial charge on any atom is -0.325 e. The van der Waals surface area contributed by atoms with Gasteiger partial charge < -0.3 is 11.1 Å². The van der Waals surface area contributed by atoms with Gasteiger partial charge in [0.1, 0.15) is 0 Å². The van der Waals surface area contributed by atoms with Crippen molar-refractivity contribution < 1.29 is 4.79 Å². The van der Waals surface area contributed by atoms with Gasteiger partial charge in [-0.1, -0.05) is 18.9 Å². The van der Waals surface area contributed by atoms with Crippen molar-refractivity contribution >= 4 is 11.6 Å². The third-order valence-electron chi connectivity index (χ3n) is 4.26. The Morgan fingerprint density at radius 1 is 1.26 bits per heavy atom. The van der Waals surface area contributed by atoms with Crippen LogP contribution in [0, 0.1) is 0 Å². The van der Waals surface area contributed by atoms with Gasteiger partial charge in [-0.15, -0.1) is 0 Å². The van der Waals surface area contributed by atoms with Gasteiger partial charge in [0.25, 0.3) is 0 Å². The number of carbonyl (C=O) groups excluding carboxylic acids is 1. The highest BCUT2D eigenvalue weighted by Gasteiger charge is 2.27. The molecule has 1 aromatic carbocycles. The summed E-state index contributed by atoms with van der Waals surface area (Å²) in [6, 6.07) is 6.97. The minimum absolute atomic E-state index is 0.0330. The Hall–Kier alpha value is -1.39. The van der Waals surface area contributed by atoms with Gasteiger partial charge >= 0.3 is 0 Å². The molecule has 19 heavy (non-hydrogen) atoms. The van der Waals surface area contributed by atoms with E-state index < -0.39 is 0 Å². The fourth-order valence-electron chi connectivity index (χ4n) is 3.24. The summed E-state index contributed by atoms with van der Waals surface area (Å²) in [4.78, 5) is 13.9. The Kier molecular flexibility index (Phi) is 3.53. The van der Waals surface area contributed by atoms with E-state index in [1.165, 1.54) is 36.8 Å². The number of nitrogens with two attached hydrogens (primary N) is 1. The van der Waals surface area contributed by atoms with Gasteiger partial charge in [0.05, 0.1) is 6.54 Å². The lowest BCUT2D eigenvalue weighted by Crippen LogP contribution is -2.27. The van der Waals surface area contributed by atoms with E-state index in [0.717, 1.165) is 24.8 Å². The molecule has 0 bridgehead atoms. The number of benzene rings is 1. The molecule has 1 aliphatic heterocycles. The van der Waals surface area contributed by atoms with Gasteiger partial charge in [0.15, 0.2) is 0 Å². The van der Waals surface area contributed by atoms with Crippen molar-refractivity contribution in [2.24, 2.45) is 5.73 Å². The summed E-state index contributed by atoms with van der Waals surface area (Å²) in [5.74, 6) is -0.134. The fraction of sp³-hybridized carbons (Fsp3) is 0.533. The maximum absolute atomic E-state index is 11.3. The third-order valence-corrected chi connectivity index (χ3v) is 4.26. The van der Waals surface area contributed by atoms with E-state index in [-0.39, 0.29) is 12.5 Å². The van der Waals surface area contributed by atoms with Crippen LogP contribution in [0.2, 0.25) is 0 Å². The molecule has 0 spiro atoms. The van der Waals surface area contributed by atoms with Gasteiger partial charge in [0, 0.05) is 24.8 Å². The number of nitrogens with one attached hydrogen (secondary N) is 1. The number of fused-ring (bicyclic) bond motifs is 1. The Morgan fingerprint density at radius 2 is 2.00 bits per heavy atom. The van der Waals surface area contributed by atoms with E-state index in [1.807, 2.05) is 6.07 Å². The molecule has 1 fully saturated rings. The van der Waals surface area contributed by atoms with E-state index in [2.05, 4.69) is 22.3 Å². The molecule has 0 radical (unpaired) electrons. The van der Waals surface area contributed by atoms with Gasteiger partial charge in [-0.3, -0.25) is 9.69 Å². The highest BCUT2D eigenvalue weighted by molar-refractivity contribution is 5.92. The zero-order chi connectivity index (χ0) is 13.2. The number of nitrogens with zero attached hydrogens (tertiary/aromatic N) is 1. The lowest BCUT2D eigenvalue weighted by molar-refractivity contribution is -0.114. The Balaban J connectivity index is 1.70. The summed E-state index contributed by atoms with van der Waals surface area (Å²) in [6.45, 7) is 2.11. The number of amides is 1. The largest absolute Gasteiger partial charge is 0.325 e. The molecule has 4 heteroatoms. The maximum atomic E-state index is 11.3.